The van der Waals surface area contributed by atoms with Crippen LogP contribution in [0.2, 0.25) is 0 Å². The molecule has 0 spiro atoms. The van der Waals surface area contributed by atoms with E-state index in [1.165, 1.54) is 5.56 Å². The molecular formula is C11H19N3. The monoisotopic (exact) mass is 193 g/mol. The summed E-state index contributed by atoms with van der Waals surface area (Å²) in [4.78, 5) is 8.08. The van der Waals surface area contributed by atoms with Crippen molar-refractivity contribution in [1.82, 2.24) is 9.97 Å². The zero-order valence-electron chi connectivity index (χ0n) is 8.98. The standard InChI is InChI=1S/C11H19N3/c1-3-9(4-2)11(5-12)10-6-13-8-14-7-10/h6-9,11H,3-5,12H2,1-2H3. The molecule has 3 heteroatoms. The van der Waals surface area contributed by atoms with Crippen LogP contribution in [-0.2, 0) is 0 Å². The SMILES string of the molecule is CCC(CC)C(CN)c1cncnc1. The van der Waals surface area contributed by atoms with Gasteiger partial charge in [-0.25, -0.2) is 9.97 Å². The van der Waals surface area contributed by atoms with Crippen molar-refractivity contribution < 1.29 is 0 Å². The molecule has 3 nitrogen and oxygen atoms in total. The van der Waals surface area contributed by atoms with E-state index in [0.29, 0.717) is 18.4 Å². The molecule has 1 rings (SSSR count). The highest BCUT2D eigenvalue weighted by Crippen LogP contribution is 2.27. The Bertz CT molecular complexity index is 244. The van der Waals surface area contributed by atoms with Gasteiger partial charge in [0.15, 0.2) is 0 Å². The second-order valence-corrected chi connectivity index (χ2v) is 3.59. The van der Waals surface area contributed by atoms with Crippen LogP contribution in [0.5, 0.6) is 0 Å². The van der Waals surface area contributed by atoms with E-state index in [1.807, 2.05) is 12.4 Å². The van der Waals surface area contributed by atoms with Crippen molar-refractivity contribution in [3.63, 3.8) is 0 Å². The van der Waals surface area contributed by atoms with Crippen molar-refractivity contribution in [3.8, 4) is 0 Å². The summed E-state index contributed by atoms with van der Waals surface area (Å²) < 4.78 is 0. The van der Waals surface area contributed by atoms with Crippen molar-refractivity contribution >= 4 is 0 Å². The minimum Gasteiger partial charge on any atom is -0.330 e. The number of nitrogens with two attached hydrogens (primary N) is 1. The summed E-state index contributed by atoms with van der Waals surface area (Å²) in [5.74, 6) is 1.05. The van der Waals surface area contributed by atoms with Crippen molar-refractivity contribution in [3.05, 3.63) is 24.3 Å². The van der Waals surface area contributed by atoms with Gasteiger partial charge in [-0.3, -0.25) is 0 Å². The lowest BCUT2D eigenvalue weighted by Gasteiger charge is -2.23. The first-order valence-electron chi connectivity index (χ1n) is 5.28. The second-order valence-electron chi connectivity index (χ2n) is 3.59. The Labute approximate surface area is 85.8 Å². The maximum Gasteiger partial charge on any atom is 0.115 e. The zero-order valence-corrected chi connectivity index (χ0v) is 8.98. The summed E-state index contributed by atoms with van der Waals surface area (Å²) in [5, 5.41) is 0. The number of hydrogen-bond donors (Lipinski definition) is 1. The molecule has 0 saturated carbocycles. The molecule has 0 aliphatic carbocycles. The van der Waals surface area contributed by atoms with Gasteiger partial charge in [-0.2, -0.15) is 0 Å². The van der Waals surface area contributed by atoms with Gasteiger partial charge in [0.25, 0.3) is 0 Å². The third-order valence-electron chi connectivity index (χ3n) is 2.88. The minimum atomic E-state index is 0.409. The molecule has 14 heavy (non-hydrogen) atoms. The minimum absolute atomic E-state index is 0.409. The highest BCUT2D eigenvalue weighted by molar-refractivity contribution is 5.12. The molecular weight excluding hydrogens is 174 g/mol. The van der Waals surface area contributed by atoms with E-state index >= 15 is 0 Å². The van der Waals surface area contributed by atoms with Crippen LogP contribution in [0.25, 0.3) is 0 Å². The van der Waals surface area contributed by atoms with Crippen molar-refractivity contribution in [1.29, 1.82) is 0 Å². The van der Waals surface area contributed by atoms with Gasteiger partial charge in [0.1, 0.15) is 6.33 Å². The van der Waals surface area contributed by atoms with Crippen LogP contribution < -0.4 is 5.73 Å². The van der Waals surface area contributed by atoms with E-state index in [0.717, 1.165) is 12.8 Å². The fourth-order valence-corrected chi connectivity index (χ4v) is 1.96. The molecule has 78 valence electrons. The molecule has 0 amide bonds. The summed E-state index contributed by atoms with van der Waals surface area (Å²) in [5.41, 5.74) is 6.97. The molecule has 0 fully saturated rings. The summed E-state index contributed by atoms with van der Waals surface area (Å²) >= 11 is 0. The molecule has 0 radical (unpaired) electrons. The highest BCUT2D eigenvalue weighted by Gasteiger charge is 2.18. The first-order chi connectivity index (χ1) is 6.83. The maximum absolute atomic E-state index is 5.80. The van der Waals surface area contributed by atoms with E-state index < -0.39 is 0 Å². The van der Waals surface area contributed by atoms with Crippen molar-refractivity contribution in [2.24, 2.45) is 11.7 Å². The maximum atomic E-state index is 5.80. The fraction of sp³-hybridized carbons (Fsp3) is 0.636. The Morgan fingerprint density at radius 3 is 2.21 bits per heavy atom. The fourth-order valence-electron chi connectivity index (χ4n) is 1.96. The molecule has 0 bridgehead atoms. The quantitative estimate of drug-likeness (QED) is 0.777. The Balaban J connectivity index is 2.81. The number of nitrogens with zero attached hydrogens (tertiary/aromatic N) is 2. The molecule has 1 heterocycles. The van der Waals surface area contributed by atoms with Gasteiger partial charge < -0.3 is 5.73 Å². The topological polar surface area (TPSA) is 51.8 Å². The molecule has 0 aliphatic heterocycles. The lowest BCUT2D eigenvalue weighted by molar-refractivity contribution is 0.401. The van der Waals surface area contributed by atoms with Crippen molar-refractivity contribution in [2.45, 2.75) is 32.6 Å². The third kappa shape index (κ3) is 2.51. The molecule has 0 saturated heterocycles. The molecule has 0 aromatic carbocycles. The van der Waals surface area contributed by atoms with Gasteiger partial charge in [0.2, 0.25) is 0 Å². The molecule has 1 aromatic heterocycles. The molecule has 2 N–H and O–H groups in total. The van der Waals surface area contributed by atoms with E-state index in [1.54, 1.807) is 6.33 Å². The third-order valence-corrected chi connectivity index (χ3v) is 2.88. The predicted octanol–water partition coefficient (Wildman–Crippen LogP) is 1.96. The zero-order chi connectivity index (χ0) is 10.4. The van der Waals surface area contributed by atoms with Crippen LogP contribution >= 0.6 is 0 Å². The lowest BCUT2D eigenvalue weighted by atomic mass is 9.84. The largest absolute Gasteiger partial charge is 0.330 e. The lowest BCUT2D eigenvalue weighted by Crippen LogP contribution is -2.21. The van der Waals surface area contributed by atoms with Crippen LogP contribution in [0, 0.1) is 5.92 Å². The van der Waals surface area contributed by atoms with Crippen LogP contribution in [0.3, 0.4) is 0 Å². The second kappa shape index (κ2) is 5.70. The smallest absolute Gasteiger partial charge is 0.115 e. The number of hydrogen-bond acceptors (Lipinski definition) is 3. The molecule has 1 aromatic rings. The van der Waals surface area contributed by atoms with Gasteiger partial charge in [-0.15, -0.1) is 0 Å². The first kappa shape index (κ1) is 11.1. The molecule has 0 aliphatic rings. The van der Waals surface area contributed by atoms with E-state index in [9.17, 15) is 0 Å². The van der Waals surface area contributed by atoms with Gasteiger partial charge >= 0.3 is 0 Å². The average Bonchev–Trinajstić information content (AvgIpc) is 2.27. The highest BCUT2D eigenvalue weighted by atomic mass is 14.8. The Hall–Kier alpha value is -0.960. The first-order valence-corrected chi connectivity index (χ1v) is 5.28. The van der Waals surface area contributed by atoms with E-state index in [4.69, 9.17) is 5.73 Å². The number of rotatable bonds is 5. The van der Waals surface area contributed by atoms with Crippen LogP contribution in [0.1, 0.15) is 38.2 Å². The Morgan fingerprint density at radius 2 is 1.79 bits per heavy atom. The van der Waals surface area contributed by atoms with Crippen LogP contribution in [0.4, 0.5) is 0 Å². The summed E-state index contributed by atoms with van der Waals surface area (Å²) in [7, 11) is 0. The Morgan fingerprint density at radius 1 is 1.21 bits per heavy atom. The Kier molecular flexibility index (Phi) is 4.53. The van der Waals surface area contributed by atoms with E-state index in [2.05, 4.69) is 23.8 Å². The normalized spacial score (nSPS) is 13.1. The van der Waals surface area contributed by atoms with Crippen LogP contribution in [-0.4, -0.2) is 16.5 Å². The van der Waals surface area contributed by atoms with Gasteiger partial charge in [-0.1, -0.05) is 26.7 Å². The molecule has 1 unspecified atom stereocenters. The number of aromatic nitrogens is 2. The van der Waals surface area contributed by atoms with Crippen molar-refractivity contribution in [2.75, 3.05) is 6.54 Å². The summed E-state index contributed by atoms with van der Waals surface area (Å²) in [6.45, 7) is 5.10. The average molecular weight is 193 g/mol. The van der Waals surface area contributed by atoms with E-state index in [-0.39, 0.29) is 0 Å². The predicted molar refractivity (Wildman–Crippen MR) is 57.9 cm³/mol. The molecule has 1 atom stereocenters. The van der Waals surface area contributed by atoms with Crippen LogP contribution in [0.15, 0.2) is 18.7 Å². The van der Waals surface area contributed by atoms with Gasteiger partial charge in [-0.05, 0) is 18.0 Å². The van der Waals surface area contributed by atoms with Gasteiger partial charge in [0, 0.05) is 18.3 Å². The summed E-state index contributed by atoms with van der Waals surface area (Å²) in [6.07, 6.45) is 7.64. The van der Waals surface area contributed by atoms with Gasteiger partial charge in [0.05, 0.1) is 0 Å². The summed E-state index contributed by atoms with van der Waals surface area (Å²) in [6, 6.07) is 0.